The minimum absolute atomic E-state index is 0.126. The summed E-state index contributed by atoms with van der Waals surface area (Å²) in [6.07, 6.45) is 0. The molecule has 4 heteroatoms. The van der Waals surface area contributed by atoms with Crippen molar-refractivity contribution in [3.05, 3.63) is 29.6 Å². The number of aromatic nitrogens is 2. The standard InChI is InChI=1S/C15H21ClN2O/c1-10-7-6-8-12-13(10)17-14(11(2)16)18(12)9-15(3,4)19-5/h6-8,11H,9H2,1-5H3. The molecule has 0 radical (unpaired) electrons. The number of hydrogen-bond donors (Lipinski definition) is 0. The van der Waals surface area contributed by atoms with Crippen LogP contribution in [0.4, 0.5) is 0 Å². The van der Waals surface area contributed by atoms with Crippen molar-refractivity contribution >= 4 is 22.6 Å². The van der Waals surface area contributed by atoms with Gasteiger partial charge in [0, 0.05) is 7.11 Å². The quantitative estimate of drug-likeness (QED) is 0.790. The van der Waals surface area contributed by atoms with Crippen molar-refractivity contribution in [2.75, 3.05) is 7.11 Å². The molecule has 1 atom stereocenters. The van der Waals surface area contributed by atoms with E-state index in [-0.39, 0.29) is 11.0 Å². The lowest BCUT2D eigenvalue weighted by Crippen LogP contribution is -2.29. The number of nitrogens with zero attached hydrogens (tertiary/aromatic N) is 2. The zero-order valence-electron chi connectivity index (χ0n) is 12.2. The van der Waals surface area contributed by atoms with Gasteiger partial charge in [-0.15, -0.1) is 11.6 Å². The number of halogens is 1. The normalized spacial score (nSPS) is 14.0. The van der Waals surface area contributed by atoms with E-state index in [1.807, 2.05) is 6.92 Å². The first-order valence-electron chi connectivity index (χ1n) is 6.50. The summed E-state index contributed by atoms with van der Waals surface area (Å²) < 4.78 is 7.70. The highest BCUT2D eigenvalue weighted by atomic mass is 35.5. The molecule has 0 fully saturated rings. The van der Waals surface area contributed by atoms with Crippen LogP contribution in [-0.4, -0.2) is 22.3 Å². The fraction of sp³-hybridized carbons (Fsp3) is 0.533. The summed E-state index contributed by atoms with van der Waals surface area (Å²) in [6, 6.07) is 6.21. The highest BCUT2D eigenvalue weighted by Crippen LogP contribution is 2.28. The van der Waals surface area contributed by atoms with Gasteiger partial charge in [0.1, 0.15) is 5.82 Å². The van der Waals surface area contributed by atoms with Crippen molar-refractivity contribution < 1.29 is 4.74 Å². The molecule has 19 heavy (non-hydrogen) atoms. The van der Waals surface area contributed by atoms with E-state index in [1.54, 1.807) is 7.11 Å². The SMILES string of the molecule is COC(C)(C)Cn1c(C(C)Cl)nc2c(C)cccc21. The zero-order chi connectivity index (χ0) is 14.2. The van der Waals surface area contributed by atoms with E-state index >= 15 is 0 Å². The molecular weight excluding hydrogens is 260 g/mol. The predicted molar refractivity (Wildman–Crippen MR) is 79.8 cm³/mol. The molecule has 0 N–H and O–H groups in total. The zero-order valence-corrected chi connectivity index (χ0v) is 13.0. The molecule has 2 aromatic rings. The van der Waals surface area contributed by atoms with E-state index in [0.717, 1.165) is 23.4 Å². The number of hydrogen-bond acceptors (Lipinski definition) is 2. The van der Waals surface area contributed by atoms with Crippen LogP contribution in [0, 0.1) is 6.92 Å². The number of aryl methyl sites for hydroxylation is 1. The predicted octanol–water partition coefficient (Wildman–Crippen LogP) is 4.07. The van der Waals surface area contributed by atoms with Crippen LogP contribution in [0.1, 0.15) is 37.5 Å². The molecule has 0 saturated carbocycles. The average Bonchev–Trinajstić information content (AvgIpc) is 2.69. The number of benzene rings is 1. The van der Waals surface area contributed by atoms with Gasteiger partial charge in [0.05, 0.1) is 28.6 Å². The highest BCUT2D eigenvalue weighted by Gasteiger charge is 2.23. The van der Waals surface area contributed by atoms with E-state index in [9.17, 15) is 0 Å². The molecule has 0 bridgehead atoms. The molecule has 1 aromatic heterocycles. The Labute approximate surface area is 119 Å². The summed E-state index contributed by atoms with van der Waals surface area (Å²) in [5.41, 5.74) is 3.06. The van der Waals surface area contributed by atoms with Crippen LogP contribution in [0.5, 0.6) is 0 Å². The topological polar surface area (TPSA) is 27.1 Å². The summed E-state index contributed by atoms with van der Waals surface area (Å²) in [4.78, 5) is 4.71. The smallest absolute Gasteiger partial charge is 0.127 e. The van der Waals surface area contributed by atoms with E-state index in [2.05, 4.69) is 43.5 Å². The lowest BCUT2D eigenvalue weighted by atomic mass is 10.1. The van der Waals surface area contributed by atoms with Gasteiger partial charge in [-0.05, 0) is 39.3 Å². The molecule has 1 heterocycles. The Kier molecular flexibility index (Phi) is 3.88. The second kappa shape index (κ2) is 5.14. The van der Waals surface area contributed by atoms with Crippen LogP contribution in [-0.2, 0) is 11.3 Å². The Morgan fingerprint density at radius 1 is 1.42 bits per heavy atom. The summed E-state index contributed by atoms with van der Waals surface area (Å²) in [5.74, 6) is 0.899. The number of rotatable bonds is 4. The van der Waals surface area contributed by atoms with E-state index < -0.39 is 0 Å². The van der Waals surface area contributed by atoms with Gasteiger partial charge in [-0.25, -0.2) is 4.98 Å². The number of fused-ring (bicyclic) bond motifs is 1. The highest BCUT2D eigenvalue weighted by molar-refractivity contribution is 6.20. The fourth-order valence-corrected chi connectivity index (χ4v) is 2.39. The minimum atomic E-state index is -0.252. The summed E-state index contributed by atoms with van der Waals surface area (Å²) in [5, 5.41) is -0.126. The monoisotopic (exact) mass is 280 g/mol. The molecular formula is C15H21ClN2O. The van der Waals surface area contributed by atoms with Gasteiger partial charge in [-0.1, -0.05) is 12.1 Å². The van der Waals surface area contributed by atoms with Crippen molar-refractivity contribution in [1.29, 1.82) is 0 Å². The van der Waals surface area contributed by atoms with Gasteiger partial charge in [0.15, 0.2) is 0 Å². The van der Waals surface area contributed by atoms with Gasteiger partial charge >= 0.3 is 0 Å². The lowest BCUT2D eigenvalue weighted by Gasteiger charge is -2.25. The lowest BCUT2D eigenvalue weighted by molar-refractivity contribution is 0.00842. The number of alkyl halides is 1. The first kappa shape index (κ1) is 14.4. The molecule has 2 rings (SSSR count). The molecule has 0 aliphatic carbocycles. The van der Waals surface area contributed by atoms with Crippen LogP contribution < -0.4 is 0 Å². The largest absolute Gasteiger partial charge is 0.377 e. The van der Waals surface area contributed by atoms with E-state index in [1.165, 1.54) is 5.56 Å². The molecule has 0 aliphatic rings. The number of methoxy groups -OCH3 is 1. The van der Waals surface area contributed by atoms with Crippen LogP contribution in [0.25, 0.3) is 11.0 Å². The molecule has 0 saturated heterocycles. The summed E-state index contributed by atoms with van der Waals surface area (Å²) >= 11 is 6.28. The van der Waals surface area contributed by atoms with Crippen molar-refractivity contribution in [1.82, 2.24) is 9.55 Å². The van der Waals surface area contributed by atoms with Gasteiger partial charge in [0.25, 0.3) is 0 Å². The van der Waals surface area contributed by atoms with Gasteiger partial charge in [-0.3, -0.25) is 0 Å². The van der Waals surface area contributed by atoms with Crippen LogP contribution in [0.15, 0.2) is 18.2 Å². The van der Waals surface area contributed by atoms with Crippen LogP contribution >= 0.6 is 11.6 Å². The minimum Gasteiger partial charge on any atom is -0.377 e. The third kappa shape index (κ3) is 2.77. The average molecular weight is 281 g/mol. The Hall–Kier alpha value is -1.06. The number of para-hydroxylation sites is 1. The Morgan fingerprint density at radius 3 is 2.68 bits per heavy atom. The third-order valence-corrected chi connectivity index (χ3v) is 3.65. The maximum absolute atomic E-state index is 6.28. The van der Waals surface area contributed by atoms with Crippen LogP contribution in [0.3, 0.4) is 0 Å². The first-order valence-corrected chi connectivity index (χ1v) is 6.94. The molecule has 0 spiro atoms. The second-order valence-electron chi connectivity index (χ2n) is 5.58. The van der Waals surface area contributed by atoms with Crippen molar-refractivity contribution in [2.45, 2.75) is 45.2 Å². The Balaban J connectivity index is 2.62. The molecule has 0 amide bonds. The van der Waals surface area contributed by atoms with Crippen LogP contribution in [0.2, 0.25) is 0 Å². The fourth-order valence-electron chi connectivity index (χ4n) is 2.22. The second-order valence-corrected chi connectivity index (χ2v) is 6.23. The molecule has 104 valence electrons. The van der Waals surface area contributed by atoms with E-state index in [0.29, 0.717) is 0 Å². The van der Waals surface area contributed by atoms with Gasteiger partial charge < -0.3 is 9.30 Å². The molecule has 1 unspecified atom stereocenters. The summed E-state index contributed by atoms with van der Waals surface area (Å²) in [6.45, 7) is 8.89. The first-order chi connectivity index (χ1) is 8.85. The Morgan fingerprint density at radius 2 is 2.11 bits per heavy atom. The number of ether oxygens (including phenoxy) is 1. The van der Waals surface area contributed by atoms with Gasteiger partial charge in [0.2, 0.25) is 0 Å². The summed E-state index contributed by atoms with van der Waals surface area (Å²) in [7, 11) is 1.73. The third-order valence-electron chi connectivity index (χ3n) is 3.46. The van der Waals surface area contributed by atoms with Crippen molar-refractivity contribution in [3.8, 4) is 0 Å². The maximum atomic E-state index is 6.28. The Bertz CT molecular complexity index is 587. The van der Waals surface area contributed by atoms with Crippen molar-refractivity contribution in [3.63, 3.8) is 0 Å². The van der Waals surface area contributed by atoms with E-state index in [4.69, 9.17) is 21.3 Å². The molecule has 1 aromatic carbocycles. The van der Waals surface area contributed by atoms with Crippen molar-refractivity contribution in [2.24, 2.45) is 0 Å². The van der Waals surface area contributed by atoms with Gasteiger partial charge in [-0.2, -0.15) is 0 Å². The molecule has 0 aliphatic heterocycles. The number of imidazole rings is 1. The molecule has 3 nitrogen and oxygen atoms in total. The maximum Gasteiger partial charge on any atom is 0.127 e.